The van der Waals surface area contributed by atoms with Crippen LogP contribution in [0.5, 0.6) is 0 Å². The minimum Gasteiger partial charge on any atom is -0.360 e. The first-order chi connectivity index (χ1) is 10.4. The molecule has 0 aliphatic rings. The standard InChI is InChI=1S/C17H31N3O2/c1-8-14-12(5)15(19-22-14)16(21)18-13(6)17(9-2,10-3)20(7)11-4/h13H,8-11H2,1-7H3,(H,18,21). The summed E-state index contributed by atoms with van der Waals surface area (Å²) in [5, 5.41) is 7.07. The normalized spacial score (nSPS) is 13.5. The molecule has 5 heteroatoms. The van der Waals surface area contributed by atoms with Crippen molar-refractivity contribution in [3.8, 4) is 0 Å². The Morgan fingerprint density at radius 1 is 1.32 bits per heavy atom. The number of likely N-dealkylation sites (N-methyl/N-ethyl adjacent to an activating group) is 1. The fourth-order valence-corrected chi connectivity index (χ4v) is 3.36. The van der Waals surface area contributed by atoms with Gasteiger partial charge in [0.2, 0.25) is 0 Å². The van der Waals surface area contributed by atoms with Crippen LogP contribution in [0.4, 0.5) is 0 Å². The van der Waals surface area contributed by atoms with Crippen molar-refractivity contribution in [1.82, 2.24) is 15.4 Å². The monoisotopic (exact) mass is 309 g/mol. The summed E-state index contributed by atoms with van der Waals surface area (Å²) in [6.07, 6.45) is 2.70. The van der Waals surface area contributed by atoms with Crippen LogP contribution in [0.15, 0.2) is 4.52 Å². The third-order valence-electron chi connectivity index (χ3n) is 5.17. The summed E-state index contributed by atoms with van der Waals surface area (Å²) in [5.41, 5.74) is 1.20. The van der Waals surface area contributed by atoms with Gasteiger partial charge in [-0.25, -0.2) is 0 Å². The highest BCUT2D eigenvalue weighted by Gasteiger charge is 2.37. The van der Waals surface area contributed by atoms with E-state index >= 15 is 0 Å². The molecule has 1 rings (SSSR count). The van der Waals surface area contributed by atoms with E-state index in [1.54, 1.807) is 0 Å². The van der Waals surface area contributed by atoms with E-state index in [0.717, 1.165) is 37.1 Å². The molecule has 1 aromatic heterocycles. The van der Waals surface area contributed by atoms with Gasteiger partial charge in [-0.2, -0.15) is 0 Å². The Labute approximate surface area is 134 Å². The van der Waals surface area contributed by atoms with E-state index in [1.807, 2.05) is 13.8 Å². The molecular formula is C17H31N3O2. The lowest BCUT2D eigenvalue weighted by Crippen LogP contribution is -2.59. The minimum atomic E-state index is -0.149. The van der Waals surface area contributed by atoms with Crippen molar-refractivity contribution in [2.45, 2.75) is 72.4 Å². The van der Waals surface area contributed by atoms with Crippen LogP contribution in [0, 0.1) is 6.92 Å². The lowest BCUT2D eigenvalue weighted by Gasteiger charge is -2.45. The Hall–Kier alpha value is -1.36. The van der Waals surface area contributed by atoms with E-state index in [9.17, 15) is 4.79 Å². The molecule has 0 radical (unpaired) electrons. The Kier molecular flexibility index (Phi) is 6.60. The largest absolute Gasteiger partial charge is 0.360 e. The molecule has 1 heterocycles. The highest BCUT2D eigenvalue weighted by molar-refractivity contribution is 5.94. The highest BCUT2D eigenvalue weighted by atomic mass is 16.5. The van der Waals surface area contributed by atoms with Crippen molar-refractivity contribution in [1.29, 1.82) is 0 Å². The van der Waals surface area contributed by atoms with Crippen LogP contribution in [0.25, 0.3) is 0 Å². The molecule has 0 spiro atoms. The van der Waals surface area contributed by atoms with E-state index < -0.39 is 0 Å². The quantitative estimate of drug-likeness (QED) is 0.801. The molecule has 1 unspecified atom stereocenters. The summed E-state index contributed by atoms with van der Waals surface area (Å²) in [4.78, 5) is 14.9. The van der Waals surface area contributed by atoms with Gasteiger partial charge in [0.1, 0.15) is 5.76 Å². The summed E-state index contributed by atoms with van der Waals surface area (Å²) < 4.78 is 5.23. The Bertz CT molecular complexity index is 492. The smallest absolute Gasteiger partial charge is 0.274 e. The van der Waals surface area contributed by atoms with Gasteiger partial charge in [0.25, 0.3) is 5.91 Å². The number of nitrogens with zero attached hydrogens (tertiary/aromatic N) is 2. The van der Waals surface area contributed by atoms with Gasteiger partial charge in [-0.15, -0.1) is 0 Å². The number of carbonyl (C=O) groups is 1. The van der Waals surface area contributed by atoms with Crippen LogP contribution in [0.1, 0.15) is 69.3 Å². The molecule has 1 amide bonds. The molecule has 0 saturated heterocycles. The zero-order valence-electron chi connectivity index (χ0n) is 15.1. The van der Waals surface area contributed by atoms with E-state index in [0.29, 0.717) is 5.69 Å². The van der Waals surface area contributed by atoms with E-state index in [4.69, 9.17) is 4.52 Å². The second kappa shape index (κ2) is 7.77. The maximum absolute atomic E-state index is 12.5. The van der Waals surface area contributed by atoms with Crippen LogP contribution >= 0.6 is 0 Å². The summed E-state index contributed by atoms with van der Waals surface area (Å²) in [6, 6.07) is 0.0288. The number of aromatic nitrogens is 1. The predicted molar refractivity (Wildman–Crippen MR) is 89.2 cm³/mol. The second-order valence-corrected chi connectivity index (χ2v) is 5.95. The molecule has 0 aliphatic heterocycles. The summed E-state index contributed by atoms with van der Waals surface area (Å²) >= 11 is 0. The topological polar surface area (TPSA) is 58.4 Å². The number of carbonyl (C=O) groups excluding carboxylic acids is 1. The van der Waals surface area contributed by atoms with E-state index in [1.165, 1.54) is 0 Å². The van der Waals surface area contributed by atoms with Crippen molar-refractivity contribution in [3.05, 3.63) is 17.0 Å². The zero-order valence-corrected chi connectivity index (χ0v) is 15.1. The summed E-state index contributed by atoms with van der Waals surface area (Å²) in [7, 11) is 2.12. The molecular weight excluding hydrogens is 278 g/mol. The highest BCUT2D eigenvalue weighted by Crippen LogP contribution is 2.27. The number of hydrogen-bond donors (Lipinski definition) is 1. The van der Waals surface area contributed by atoms with Crippen molar-refractivity contribution < 1.29 is 9.32 Å². The molecule has 1 atom stereocenters. The van der Waals surface area contributed by atoms with E-state index in [2.05, 4.69) is 50.1 Å². The van der Waals surface area contributed by atoms with Crippen LogP contribution in [0.2, 0.25) is 0 Å². The zero-order chi connectivity index (χ0) is 16.9. The molecule has 0 saturated carbocycles. The number of rotatable bonds is 8. The molecule has 5 nitrogen and oxygen atoms in total. The Morgan fingerprint density at radius 2 is 1.91 bits per heavy atom. The summed E-state index contributed by atoms with van der Waals surface area (Å²) in [5.74, 6) is 0.630. The van der Waals surface area contributed by atoms with Gasteiger partial charge in [0, 0.05) is 23.6 Å². The van der Waals surface area contributed by atoms with Crippen LogP contribution in [0.3, 0.4) is 0 Å². The number of hydrogen-bond acceptors (Lipinski definition) is 4. The first-order valence-corrected chi connectivity index (χ1v) is 8.35. The van der Waals surface area contributed by atoms with Crippen molar-refractivity contribution in [2.24, 2.45) is 0 Å². The van der Waals surface area contributed by atoms with Gasteiger partial charge in [0.05, 0.1) is 0 Å². The van der Waals surface area contributed by atoms with Crippen molar-refractivity contribution in [3.63, 3.8) is 0 Å². The average Bonchev–Trinajstić information content (AvgIpc) is 2.89. The first kappa shape index (κ1) is 18.7. The Balaban J connectivity index is 2.95. The van der Waals surface area contributed by atoms with Gasteiger partial charge >= 0.3 is 0 Å². The first-order valence-electron chi connectivity index (χ1n) is 8.35. The van der Waals surface area contributed by atoms with Crippen LogP contribution in [-0.2, 0) is 6.42 Å². The molecule has 0 aliphatic carbocycles. The molecule has 0 fully saturated rings. The third kappa shape index (κ3) is 3.35. The third-order valence-corrected chi connectivity index (χ3v) is 5.17. The fourth-order valence-electron chi connectivity index (χ4n) is 3.36. The number of nitrogens with one attached hydrogen (secondary N) is 1. The predicted octanol–water partition coefficient (Wildman–Crippen LogP) is 3.17. The second-order valence-electron chi connectivity index (χ2n) is 5.95. The fraction of sp³-hybridized carbons (Fsp3) is 0.765. The minimum absolute atomic E-state index is 0.0288. The molecule has 0 bridgehead atoms. The maximum Gasteiger partial charge on any atom is 0.274 e. The number of amides is 1. The summed E-state index contributed by atoms with van der Waals surface area (Å²) in [6.45, 7) is 13.4. The SMILES string of the molecule is CCc1onc(C(=O)NC(C)C(CC)(CC)N(C)CC)c1C. The maximum atomic E-state index is 12.5. The lowest BCUT2D eigenvalue weighted by atomic mass is 9.83. The molecule has 0 aromatic carbocycles. The van der Waals surface area contributed by atoms with Crippen LogP contribution < -0.4 is 5.32 Å². The molecule has 1 N–H and O–H groups in total. The average molecular weight is 309 g/mol. The van der Waals surface area contributed by atoms with Crippen LogP contribution in [-0.4, -0.2) is 41.1 Å². The molecule has 22 heavy (non-hydrogen) atoms. The van der Waals surface area contributed by atoms with Crippen molar-refractivity contribution >= 4 is 5.91 Å². The molecule has 1 aromatic rings. The number of aryl methyl sites for hydroxylation is 1. The molecule has 126 valence electrons. The van der Waals surface area contributed by atoms with Gasteiger partial charge < -0.3 is 9.84 Å². The van der Waals surface area contributed by atoms with Gasteiger partial charge in [-0.05, 0) is 40.3 Å². The van der Waals surface area contributed by atoms with E-state index in [-0.39, 0.29) is 17.5 Å². The van der Waals surface area contributed by atoms with Gasteiger partial charge in [-0.3, -0.25) is 9.69 Å². The van der Waals surface area contributed by atoms with Gasteiger partial charge in [0.15, 0.2) is 5.69 Å². The lowest BCUT2D eigenvalue weighted by molar-refractivity contribution is 0.0642. The van der Waals surface area contributed by atoms with Gasteiger partial charge in [-0.1, -0.05) is 32.9 Å². The Morgan fingerprint density at radius 3 is 2.32 bits per heavy atom. The van der Waals surface area contributed by atoms with Crippen molar-refractivity contribution in [2.75, 3.05) is 13.6 Å².